The van der Waals surface area contributed by atoms with Gasteiger partial charge in [-0.05, 0) is 28.7 Å². The number of hydrogen-bond donors (Lipinski definition) is 2. The summed E-state index contributed by atoms with van der Waals surface area (Å²) < 4.78 is 6.15. The maximum Gasteiger partial charge on any atom is 0.178 e. The molecule has 3 N–H and O–H groups in total. The second-order valence-electron chi connectivity index (χ2n) is 2.98. The Hall–Kier alpha value is -0.860. The van der Waals surface area contributed by atoms with Gasteiger partial charge in [-0.3, -0.25) is 0 Å². The van der Waals surface area contributed by atoms with Gasteiger partial charge in [0.2, 0.25) is 0 Å². The highest BCUT2D eigenvalue weighted by atomic mass is 127. The van der Waals surface area contributed by atoms with E-state index >= 15 is 0 Å². The van der Waals surface area contributed by atoms with Gasteiger partial charge in [0.15, 0.2) is 11.0 Å². The minimum atomic E-state index is 0.246. The van der Waals surface area contributed by atoms with Crippen LogP contribution in [0, 0.1) is 3.57 Å². The van der Waals surface area contributed by atoms with Gasteiger partial charge in [-0.2, -0.15) is 0 Å². The molecule has 84 valence electrons. The molecule has 0 atom stereocenters. The Bertz CT molecular complexity index is 504. The molecule has 7 heteroatoms. The Morgan fingerprint density at radius 1 is 1.38 bits per heavy atom. The van der Waals surface area contributed by atoms with Crippen molar-refractivity contribution in [1.82, 2.24) is 9.97 Å². The van der Waals surface area contributed by atoms with Crippen molar-refractivity contribution in [3.8, 4) is 5.75 Å². The molecule has 5 nitrogen and oxygen atoms in total. The van der Waals surface area contributed by atoms with Crippen LogP contribution < -0.4 is 16.0 Å². The maximum atomic E-state index is 5.88. The zero-order valence-electron chi connectivity index (χ0n) is 8.29. The van der Waals surface area contributed by atoms with E-state index in [1.807, 2.05) is 6.07 Å². The van der Waals surface area contributed by atoms with E-state index in [9.17, 15) is 0 Å². The highest BCUT2D eigenvalue weighted by Crippen LogP contribution is 2.28. The summed E-state index contributed by atoms with van der Waals surface area (Å²) in [6.45, 7) is 0. The van der Waals surface area contributed by atoms with Crippen LogP contribution in [-0.2, 0) is 0 Å². The molecule has 0 aliphatic rings. The molecule has 0 saturated heterocycles. The van der Waals surface area contributed by atoms with Crippen LogP contribution in [0.1, 0.15) is 0 Å². The average Bonchev–Trinajstić information content (AvgIpc) is 2.27. The van der Waals surface area contributed by atoms with Crippen molar-refractivity contribution < 1.29 is 4.74 Å². The third-order valence-corrected chi connectivity index (χ3v) is 3.14. The van der Waals surface area contributed by atoms with Crippen LogP contribution in [0.25, 0.3) is 11.0 Å². The second kappa shape index (κ2) is 4.56. The number of ether oxygens (including phenoxy) is 1. The molecule has 0 aliphatic heterocycles. The molecule has 0 bridgehead atoms. The smallest absolute Gasteiger partial charge is 0.178 e. The molecular weight excluding hydrogens is 342 g/mol. The summed E-state index contributed by atoms with van der Waals surface area (Å²) in [5, 5.41) is 0.246. The van der Waals surface area contributed by atoms with E-state index in [0.717, 1.165) is 9.32 Å². The Balaban J connectivity index is 2.71. The Morgan fingerprint density at radius 2 is 2.06 bits per heavy atom. The highest BCUT2D eigenvalue weighted by molar-refractivity contribution is 14.1. The molecule has 1 aromatic heterocycles. The van der Waals surface area contributed by atoms with E-state index in [1.54, 1.807) is 13.2 Å². The second-order valence-corrected chi connectivity index (χ2v) is 4.50. The summed E-state index contributed by atoms with van der Waals surface area (Å²) >= 11 is 8.04. The van der Waals surface area contributed by atoms with Crippen LogP contribution in [0.4, 0.5) is 5.82 Å². The van der Waals surface area contributed by atoms with Crippen molar-refractivity contribution in [3.63, 3.8) is 0 Å². The molecule has 0 fully saturated rings. The number of nitrogens with one attached hydrogen (secondary N) is 1. The van der Waals surface area contributed by atoms with Crippen LogP contribution >= 0.6 is 34.2 Å². The van der Waals surface area contributed by atoms with Gasteiger partial charge >= 0.3 is 0 Å². The van der Waals surface area contributed by atoms with E-state index in [-0.39, 0.29) is 5.15 Å². The van der Waals surface area contributed by atoms with Crippen molar-refractivity contribution in [2.75, 3.05) is 12.5 Å². The molecule has 0 radical (unpaired) electrons. The molecule has 1 heterocycles. The van der Waals surface area contributed by atoms with Gasteiger partial charge in [0.05, 0.1) is 21.7 Å². The summed E-state index contributed by atoms with van der Waals surface area (Å²) in [7, 11) is 1.61. The number of fused-ring (bicyclic) bond motifs is 1. The number of rotatable bonds is 2. The van der Waals surface area contributed by atoms with Crippen LogP contribution in [-0.4, -0.2) is 17.1 Å². The van der Waals surface area contributed by atoms with E-state index < -0.39 is 0 Å². The molecule has 0 saturated carbocycles. The Morgan fingerprint density at radius 3 is 2.69 bits per heavy atom. The first-order chi connectivity index (χ1) is 7.65. The lowest BCUT2D eigenvalue weighted by molar-refractivity contribution is 0.412. The number of methoxy groups -OCH3 is 1. The van der Waals surface area contributed by atoms with Gasteiger partial charge in [0.1, 0.15) is 5.75 Å². The third kappa shape index (κ3) is 2.00. The van der Waals surface area contributed by atoms with Crippen molar-refractivity contribution in [3.05, 3.63) is 20.9 Å². The molecule has 2 aromatic rings. The fourth-order valence-corrected chi connectivity index (χ4v) is 2.14. The van der Waals surface area contributed by atoms with Gasteiger partial charge in [-0.25, -0.2) is 15.8 Å². The highest BCUT2D eigenvalue weighted by Gasteiger charge is 2.09. The van der Waals surface area contributed by atoms with Gasteiger partial charge in [0, 0.05) is 6.07 Å². The quantitative estimate of drug-likeness (QED) is 0.493. The molecular formula is C9H8ClIN4O. The number of benzene rings is 1. The first kappa shape index (κ1) is 11.6. The number of nitrogens with zero attached hydrogens (tertiary/aromatic N) is 2. The molecule has 2 rings (SSSR count). The molecule has 0 amide bonds. The van der Waals surface area contributed by atoms with E-state index in [4.69, 9.17) is 22.2 Å². The number of nitrogens with two attached hydrogens (primary N) is 1. The molecule has 0 aliphatic carbocycles. The van der Waals surface area contributed by atoms with Crippen LogP contribution in [0.5, 0.6) is 5.75 Å². The first-order valence-corrected chi connectivity index (χ1v) is 5.78. The normalized spacial score (nSPS) is 10.5. The number of hydrogen-bond acceptors (Lipinski definition) is 5. The minimum Gasteiger partial charge on any atom is -0.496 e. The SMILES string of the molecule is COc1cc2nc(NN)c(Cl)nc2cc1I. The number of nitrogen functional groups attached to an aromatic ring is 1. The fourth-order valence-electron chi connectivity index (χ4n) is 1.28. The van der Waals surface area contributed by atoms with Gasteiger partial charge in [-0.15, -0.1) is 0 Å². The zero-order valence-corrected chi connectivity index (χ0v) is 11.2. The largest absolute Gasteiger partial charge is 0.496 e. The summed E-state index contributed by atoms with van der Waals surface area (Å²) in [6.07, 6.45) is 0. The van der Waals surface area contributed by atoms with Crippen molar-refractivity contribution in [2.45, 2.75) is 0 Å². The predicted molar refractivity (Wildman–Crippen MR) is 71.6 cm³/mol. The van der Waals surface area contributed by atoms with E-state index in [1.165, 1.54) is 0 Å². The number of anilines is 1. The molecule has 0 spiro atoms. The predicted octanol–water partition coefficient (Wildman–Crippen LogP) is 2.18. The Kier molecular flexibility index (Phi) is 3.31. The monoisotopic (exact) mass is 350 g/mol. The third-order valence-electron chi connectivity index (χ3n) is 2.03. The summed E-state index contributed by atoms with van der Waals surface area (Å²) in [5.74, 6) is 6.36. The van der Waals surface area contributed by atoms with Crippen LogP contribution in [0.3, 0.4) is 0 Å². The van der Waals surface area contributed by atoms with E-state index in [2.05, 4.69) is 38.0 Å². The van der Waals surface area contributed by atoms with Crippen molar-refractivity contribution in [2.24, 2.45) is 5.84 Å². The van der Waals surface area contributed by atoms with Crippen molar-refractivity contribution in [1.29, 1.82) is 0 Å². The maximum absolute atomic E-state index is 5.88. The molecule has 0 unspecified atom stereocenters. The summed E-state index contributed by atoms with van der Waals surface area (Å²) in [5.41, 5.74) is 3.77. The fraction of sp³-hybridized carbons (Fsp3) is 0.111. The topological polar surface area (TPSA) is 73.1 Å². The van der Waals surface area contributed by atoms with Crippen LogP contribution in [0.2, 0.25) is 5.15 Å². The minimum absolute atomic E-state index is 0.246. The van der Waals surface area contributed by atoms with Crippen molar-refractivity contribution >= 4 is 51.0 Å². The Labute approximate surface area is 110 Å². The zero-order chi connectivity index (χ0) is 11.7. The number of hydrazine groups is 1. The number of halogens is 2. The lowest BCUT2D eigenvalue weighted by Crippen LogP contribution is -2.10. The lowest BCUT2D eigenvalue weighted by atomic mass is 10.3. The summed E-state index contributed by atoms with van der Waals surface area (Å²) in [6, 6.07) is 3.65. The standard InChI is InChI=1S/C9H8ClIN4O/c1-16-7-3-6-5(2-4(7)11)13-8(10)9(14-6)15-12/h2-3H,12H2,1H3,(H,14,15). The van der Waals surface area contributed by atoms with Gasteiger partial charge < -0.3 is 10.2 Å². The lowest BCUT2D eigenvalue weighted by Gasteiger charge is -2.07. The first-order valence-electron chi connectivity index (χ1n) is 4.33. The van der Waals surface area contributed by atoms with Gasteiger partial charge in [0.25, 0.3) is 0 Å². The molecule has 16 heavy (non-hydrogen) atoms. The molecule has 1 aromatic carbocycles. The number of aromatic nitrogens is 2. The van der Waals surface area contributed by atoms with Crippen LogP contribution in [0.15, 0.2) is 12.1 Å². The summed E-state index contributed by atoms with van der Waals surface area (Å²) in [4.78, 5) is 8.41. The van der Waals surface area contributed by atoms with E-state index in [0.29, 0.717) is 16.9 Å². The van der Waals surface area contributed by atoms with Gasteiger partial charge in [-0.1, -0.05) is 11.6 Å². The average molecular weight is 351 g/mol.